The third-order valence-corrected chi connectivity index (χ3v) is 2.70. The van der Waals surface area contributed by atoms with E-state index in [-0.39, 0.29) is 12.0 Å². The number of carbonyl (C=O) groups is 1. The summed E-state index contributed by atoms with van der Waals surface area (Å²) in [7, 11) is 0. The van der Waals surface area contributed by atoms with Gasteiger partial charge in [0.1, 0.15) is 0 Å². The standard InChI is InChI=1S/C10H18N2O2/c13-10(5-8-1-2-8)12-7-9-6-11-3-4-14-9/h8-9,11H,1-7H2,(H,12,13). The van der Waals surface area contributed by atoms with Gasteiger partial charge in [-0.05, 0) is 18.8 Å². The second-order valence-electron chi connectivity index (χ2n) is 4.15. The van der Waals surface area contributed by atoms with Crippen LogP contribution in [0.3, 0.4) is 0 Å². The van der Waals surface area contributed by atoms with Crippen LogP contribution < -0.4 is 10.6 Å². The first-order valence-electron chi connectivity index (χ1n) is 5.43. The van der Waals surface area contributed by atoms with Crippen molar-refractivity contribution in [3.05, 3.63) is 0 Å². The van der Waals surface area contributed by atoms with Gasteiger partial charge in [0.05, 0.1) is 12.7 Å². The van der Waals surface area contributed by atoms with Crippen molar-refractivity contribution in [1.29, 1.82) is 0 Å². The highest BCUT2D eigenvalue weighted by molar-refractivity contribution is 5.76. The fourth-order valence-corrected chi connectivity index (χ4v) is 1.63. The van der Waals surface area contributed by atoms with Crippen molar-refractivity contribution in [3.63, 3.8) is 0 Å². The van der Waals surface area contributed by atoms with Gasteiger partial charge in [-0.2, -0.15) is 0 Å². The van der Waals surface area contributed by atoms with Crippen molar-refractivity contribution in [2.24, 2.45) is 5.92 Å². The fraction of sp³-hybridized carbons (Fsp3) is 0.900. The quantitative estimate of drug-likeness (QED) is 0.663. The molecule has 0 bridgehead atoms. The number of carbonyl (C=O) groups excluding carboxylic acids is 1. The minimum Gasteiger partial charge on any atom is -0.374 e. The van der Waals surface area contributed by atoms with Crippen LogP contribution in [0.1, 0.15) is 19.3 Å². The molecule has 0 aromatic carbocycles. The zero-order valence-corrected chi connectivity index (χ0v) is 8.42. The summed E-state index contributed by atoms with van der Waals surface area (Å²) in [6.45, 7) is 3.18. The monoisotopic (exact) mass is 198 g/mol. The molecule has 1 aliphatic heterocycles. The maximum absolute atomic E-state index is 11.3. The van der Waals surface area contributed by atoms with E-state index in [1.807, 2.05) is 0 Å². The highest BCUT2D eigenvalue weighted by Crippen LogP contribution is 2.31. The minimum absolute atomic E-state index is 0.159. The molecular weight excluding hydrogens is 180 g/mol. The topological polar surface area (TPSA) is 50.4 Å². The highest BCUT2D eigenvalue weighted by atomic mass is 16.5. The Morgan fingerprint density at radius 1 is 1.50 bits per heavy atom. The average Bonchev–Trinajstić information content (AvgIpc) is 3.00. The average molecular weight is 198 g/mol. The van der Waals surface area contributed by atoms with Crippen LogP contribution >= 0.6 is 0 Å². The van der Waals surface area contributed by atoms with Crippen LogP contribution in [0.5, 0.6) is 0 Å². The van der Waals surface area contributed by atoms with Gasteiger partial charge in [0.15, 0.2) is 0 Å². The first-order chi connectivity index (χ1) is 6.84. The molecule has 1 aliphatic carbocycles. The van der Waals surface area contributed by atoms with Crippen molar-refractivity contribution in [2.45, 2.75) is 25.4 Å². The molecule has 1 atom stereocenters. The number of hydrogen-bond acceptors (Lipinski definition) is 3. The lowest BCUT2D eigenvalue weighted by atomic mass is 10.2. The lowest BCUT2D eigenvalue weighted by Crippen LogP contribution is -2.45. The largest absolute Gasteiger partial charge is 0.374 e. The molecule has 0 radical (unpaired) electrons. The molecule has 1 saturated carbocycles. The van der Waals surface area contributed by atoms with Crippen molar-refractivity contribution in [3.8, 4) is 0 Å². The van der Waals surface area contributed by atoms with E-state index >= 15 is 0 Å². The van der Waals surface area contributed by atoms with Gasteiger partial charge in [-0.3, -0.25) is 4.79 Å². The molecule has 80 valence electrons. The lowest BCUT2D eigenvalue weighted by molar-refractivity contribution is -0.122. The summed E-state index contributed by atoms with van der Waals surface area (Å²) in [6, 6.07) is 0. The molecule has 1 heterocycles. The molecule has 2 rings (SSSR count). The number of morpholine rings is 1. The fourth-order valence-electron chi connectivity index (χ4n) is 1.63. The second kappa shape index (κ2) is 4.75. The van der Waals surface area contributed by atoms with Gasteiger partial charge in [0.25, 0.3) is 0 Å². The lowest BCUT2D eigenvalue weighted by Gasteiger charge is -2.23. The molecule has 0 aromatic rings. The summed E-state index contributed by atoms with van der Waals surface area (Å²) < 4.78 is 5.47. The van der Waals surface area contributed by atoms with Gasteiger partial charge in [-0.15, -0.1) is 0 Å². The molecule has 2 fully saturated rings. The van der Waals surface area contributed by atoms with Crippen LogP contribution in [0.25, 0.3) is 0 Å². The predicted molar refractivity (Wildman–Crippen MR) is 53.0 cm³/mol. The third kappa shape index (κ3) is 3.27. The summed E-state index contributed by atoms with van der Waals surface area (Å²) >= 11 is 0. The Morgan fingerprint density at radius 2 is 2.36 bits per heavy atom. The summed E-state index contributed by atoms with van der Waals surface area (Å²) in [5.74, 6) is 0.849. The Balaban J connectivity index is 1.57. The van der Waals surface area contributed by atoms with Gasteiger partial charge in [0.2, 0.25) is 5.91 Å². The predicted octanol–water partition coefficient (Wildman–Crippen LogP) is -0.109. The molecular formula is C10H18N2O2. The zero-order valence-electron chi connectivity index (χ0n) is 8.42. The van der Waals surface area contributed by atoms with Crippen LogP contribution in [0.15, 0.2) is 0 Å². The van der Waals surface area contributed by atoms with E-state index in [0.717, 1.165) is 19.7 Å². The Labute approximate surface area is 84.4 Å². The van der Waals surface area contributed by atoms with Gasteiger partial charge in [-0.25, -0.2) is 0 Å². The van der Waals surface area contributed by atoms with Gasteiger partial charge in [-0.1, -0.05) is 0 Å². The molecule has 2 aliphatic rings. The smallest absolute Gasteiger partial charge is 0.220 e. The molecule has 1 unspecified atom stereocenters. The van der Waals surface area contributed by atoms with Crippen LogP contribution in [-0.2, 0) is 9.53 Å². The molecule has 0 spiro atoms. The van der Waals surface area contributed by atoms with E-state index in [2.05, 4.69) is 10.6 Å². The van der Waals surface area contributed by atoms with E-state index in [1.165, 1.54) is 12.8 Å². The number of ether oxygens (including phenoxy) is 1. The van der Waals surface area contributed by atoms with Gasteiger partial charge >= 0.3 is 0 Å². The summed E-state index contributed by atoms with van der Waals surface area (Å²) in [5, 5.41) is 6.16. The van der Waals surface area contributed by atoms with Crippen molar-refractivity contribution >= 4 is 5.91 Å². The Morgan fingerprint density at radius 3 is 3.00 bits per heavy atom. The van der Waals surface area contributed by atoms with E-state index < -0.39 is 0 Å². The second-order valence-corrected chi connectivity index (χ2v) is 4.15. The Bertz CT molecular complexity index is 198. The molecule has 1 amide bonds. The Kier molecular flexibility index (Phi) is 3.37. The molecule has 4 heteroatoms. The molecule has 1 saturated heterocycles. The van der Waals surface area contributed by atoms with E-state index in [1.54, 1.807) is 0 Å². The first kappa shape index (κ1) is 9.93. The van der Waals surface area contributed by atoms with Gasteiger partial charge < -0.3 is 15.4 Å². The Hall–Kier alpha value is -0.610. The maximum Gasteiger partial charge on any atom is 0.220 e. The van der Waals surface area contributed by atoms with Crippen LogP contribution in [0.2, 0.25) is 0 Å². The normalized spacial score (nSPS) is 27.3. The maximum atomic E-state index is 11.3. The molecule has 2 N–H and O–H groups in total. The third-order valence-electron chi connectivity index (χ3n) is 2.70. The number of amides is 1. The molecule has 4 nitrogen and oxygen atoms in total. The summed E-state index contributed by atoms with van der Waals surface area (Å²) in [6.07, 6.45) is 3.33. The van der Waals surface area contributed by atoms with E-state index in [4.69, 9.17) is 4.74 Å². The van der Waals surface area contributed by atoms with Crippen molar-refractivity contribution in [1.82, 2.24) is 10.6 Å². The van der Waals surface area contributed by atoms with E-state index in [0.29, 0.717) is 18.9 Å². The molecule has 14 heavy (non-hydrogen) atoms. The molecule has 0 aromatic heterocycles. The summed E-state index contributed by atoms with van der Waals surface area (Å²) in [5.41, 5.74) is 0. The minimum atomic E-state index is 0.159. The van der Waals surface area contributed by atoms with Crippen LogP contribution in [-0.4, -0.2) is 38.3 Å². The van der Waals surface area contributed by atoms with Crippen molar-refractivity contribution in [2.75, 3.05) is 26.2 Å². The van der Waals surface area contributed by atoms with Crippen molar-refractivity contribution < 1.29 is 9.53 Å². The number of hydrogen-bond donors (Lipinski definition) is 2. The van der Waals surface area contributed by atoms with E-state index in [9.17, 15) is 4.79 Å². The number of nitrogens with one attached hydrogen (secondary N) is 2. The number of rotatable bonds is 4. The summed E-state index contributed by atoms with van der Waals surface area (Å²) in [4.78, 5) is 11.3. The first-order valence-corrected chi connectivity index (χ1v) is 5.43. The SMILES string of the molecule is O=C(CC1CC1)NCC1CNCCO1. The van der Waals surface area contributed by atoms with Crippen LogP contribution in [0, 0.1) is 5.92 Å². The van der Waals surface area contributed by atoms with Crippen LogP contribution in [0.4, 0.5) is 0 Å². The zero-order chi connectivity index (χ0) is 9.80. The highest BCUT2D eigenvalue weighted by Gasteiger charge is 2.24. The van der Waals surface area contributed by atoms with Gasteiger partial charge in [0, 0.05) is 26.1 Å².